The van der Waals surface area contributed by atoms with Gasteiger partial charge in [0, 0.05) is 24.6 Å². The summed E-state index contributed by atoms with van der Waals surface area (Å²) >= 11 is 0. The van der Waals surface area contributed by atoms with E-state index in [0.717, 1.165) is 12.1 Å². The van der Waals surface area contributed by atoms with Crippen LogP contribution in [0.5, 0.6) is 5.75 Å². The van der Waals surface area contributed by atoms with E-state index in [2.05, 4.69) is 0 Å². The molecule has 3 aromatic carbocycles. The van der Waals surface area contributed by atoms with E-state index in [9.17, 15) is 22.8 Å². The predicted molar refractivity (Wildman–Crippen MR) is 116 cm³/mol. The summed E-state index contributed by atoms with van der Waals surface area (Å²) < 4.78 is 46.4. The van der Waals surface area contributed by atoms with E-state index >= 15 is 0 Å². The molecular weight excluding hydrogens is 435 g/mol. The Balaban J connectivity index is 1.75. The van der Waals surface area contributed by atoms with Crippen molar-refractivity contribution < 1.29 is 32.6 Å². The van der Waals surface area contributed by atoms with E-state index in [4.69, 9.17) is 9.84 Å². The molecule has 0 saturated carbocycles. The third-order valence-electron chi connectivity index (χ3n) is 4.99. The molecule has 0 heterocycles. The molecule has 0 radical (unpaired) electrons. The van der Waals surface area contributed by atoms with Gasteiger partial charge in [-0.15, -0.1) is 0 Å². The fourth-order valence-corrected chi connectivity index (χ4v) is 3.30. The van der Waals surface area contributed by atoms with Crippen LogP contribution in [0.3, 0.4) is 0 Å². The van der Waals surface area contributed by atoms with Gasteiger partial charge in [0.25, 0.3) is 0 Å². The van der Waals surface area contributed by atoms with Gasteiger partial charge in [-0.2, -0.15) is 0 Å². The summed E-state index contributed by atoms with van der Waals surface area (Å²) in [7, 11) is 1.67. The van der Waals surface area contributed by atoms with Crippen LogP contribution in [0.15, 0.2) is 66.7 Å². The number of carboxylic acids is 1. The Bertz CT molecular complexity index is 1120. The first-order chi connectivity index (χ1) is 15.7. The van der Waals surface area contributed by atoms with Gasteiger partial charge < -0.3 is 9.84 Å². The number of ketones is 1. The zero-order valence-electron chi connectivity index (χ0n) is 17.8. The minimum Gasteiger partial charge on any atom is -0.486 e. The number of rotatable bonds is 10. The molecule has 172 valence electrons. The second-order valence-electron chi connectivity index (χ2n) is 7.56. The van der Waals surface area contributed by atoms with E-state index in [-0.39, 0.29) is 17.7 Å². The van der Waals surface area contributed by atoms with E-state index in [1.807, 2.05) is 0 Å². The maximum atomic E-state index is 13.9. The van der Waals surface area contributed by atoms with E-state index in [1.165, 1.54) is 24.3 Å². The summed E-state index contributed by atoms with van der Waals surface area (Å²) in [6.45, 7) is 0.279. The SMILES string of the molecule is CN(CCC(Oc1ccc(C(=O)c2ccc(F)cc2F)cc1)c1ccc(F)cc1)CC(=O)O. The van der Waals surface area contributed by atoms with Crippen LogP contribution in [-0.4, -0.2) is 41.9 Å². The summed E-state index contributed by atoms with van der Waals surface area (Å²) in [5.41, 5.74) is 0.664. The minimum absolute atomic E-state index is 0.132. The number of likely N-dealkylation sites (N-methyl/N-ethyl adjacent to an activating group) is 1. The fraction of sp³-hybridized carbons (Fsp3) is 0.200. The number of nitrogens with zero attached hydrogens (tertiary/aromatic N) is 1. The van der Waals surface area contributed by atoms with Gasteiger partial charge in [0.05, 0.1) is 12.1 Å². The first-order valence-electron chi connectivity index (χ1n) is 10.1. The molecule has 1 atom stereocenters. The van der Waals surface area contributed by atoms with Crippen molar-refractivity contribution in [2.75, 3.05) is 20.1 Å². The Hall–Kier alpha value is -3.65. The van der Waals surface area contributed by atoms with E-state index in [0.29, 0.717) is 30.3 Å². The molecule has 5 nitrogen and oxygen atoms in total. The Kier molecular flexibility index (Phi) is 7.84. The second-order valence-corrected chi connectivity index (χ2v) is 7.56. The van der Waals surface area contributed by atoms with Crippen molar-refractivity contribution in [1.82, 2.24) is 4.90 Å². The molecule has 8 heteroatoms. The van der Waals surface area contributed by atoms with Crippen LogP contribution in [0.1, 0.15) is 34.0 Å². The average Bonchev–Trinajstić information content (AvgIpc) is 2.77. The number of carbonyl (C=O) groups excluding carboxylic acids is 1. The van der Waals surface area contributed by atoms with Crippen molar-refractivity contribution in [1.29, 1.82) is 0 Å². The van der Waals surface area contributed by atoms with Gasteiger partial charge in [0.1, 0.15) is 29.3 Å². The molecule has 33 heavy (non-hydrogen) atoms. The molecule has 3 aromatic rings. The van der Waals surface area contributed by atoms with Gasteiger partial charge in [0.15, 0.2) is 5.78 Å². The standard InChI is InChI=1S/C25H22F3NO4/c1-29(15-24(30)31)13-12-23(16-2-6-18(26)7-3-16)33-20-9-4-17(5-10-20)25(32)21-11-8-19(27)14-22(21)28/h2-11,14,23H,12-13,15H2,1H3,(H,30,31). The largest absolute Gasteiger partial charge is 0.486 e. The zero-order chi connectivity index (χ0) is 24.0. The van der Waals surface area contributed by atoms with Gasteiger partial charge in [-0.1, -0.05) is 12.1 Å². The van der Waals surface area contributed by atoms with E-state index < -0.39 is 35.3 Å². The lowest BCUT2D eigenvalue weighted by Gasteiger charge is -2.22. The number of ether oxygens (including phenoxy) is 1. The summed E-state index contributed by atoms with van der Waals surface area (Å²) in [5, 5.41) is 8.93. The number of halogens is 3. The molecule has 0 aliphatic heterocycles. The minimum atomic E-state index is -0.949. The van der Waals surface area contributed by atoms with Gasteiger partial charge in [-0.05, 0) is 61.1 Å². The van der Waals surface area contributed by atoms with Crippen molar-refractivity contribution in [3.63, 3.8) is 0 Å². The molecule has 0 aliphatic rings. The number of hydrogen-bond donors (Lipinski definition) is 1. The Labute approximate surface area is 189 Å². The highest BCUT2D eigenvalue weighted by Crippen LogP contribution is 2.26. The maximum absolute atomic E-state index is 13.9. The average molecular weight is 457 g/mol. The molecule has 0 aliphatic carbocycles. The molecule has 1 unspecified atom stereocenters. The third-order valence-corrected chi connectivity index (χ3v) is 4.99. The highest BCUT2D eigenvalue weighted by Gasteiger charge is 2.18. The van der Waals surface area contributed by atoms with Gasteiger partial charge in [0.2, 0.25) is 0 Å². The highest BCUT2D eigenvalue weighted by molar-refractivity contribution is 6.09. The molecule has 0 amide bonds. The van der Waals surface area contributed by atoms with Crippen LogP contribution >= 0.6 is 0 Å². The highest BCUT2D eigenvalue weighted by atomic mass is 19.1. The molecule has 0 bridgehead atoms. The second kappa shape index (κ2) is 10.8. The molecule has 0 spiro atoms. The first kappa shape index (κ1) is 24.0. The summed E-state index contributed by atoms with van der Waals surface area (Å²) in [5.74, 6) is -3.23. The number of hydrogen-bond acceptors (Lipinski definition) is 4. The van der Waals surface area contributed by atoms with Crippen molar-refractivity contribution in [2.24, 2.45) is 0 Å². The summed E-state index contributed by atoms with van der Waals surface area (Å²) in [6, 6.07) is 14.6. The van der Waals surface area contributed by atoms with Crippen LogP contribution in [0.2, 0.25) is 0 Å². The lowest BCUT2D eigenvalue weighted by molar-refractivity contribution is -0.138. The Morgan fingerprint density at radius 2 is 1.58 bits per heavy atom. The maximum Gasteiger partial charge on any atom is 0.317 e. The third kappa shape index (κ3) is 6.66. The molecule has 1 N–H and O–H groups in total. The number of carbonyl (C=O) groups is 2. The fourth-order valence-electron chi connectivity index (χ4n) is 3.30. The zero-order valence-corrected chi connectivity index (χ0v) is 17.8. The molecular formula is C25H22F3NO4. The van der Waals surface area contributed by atoms with Crippen LogP contribution in [0.25, 0.3) is 0 Å². The Morgan fingerprint density at radius 1 is 0.939 bits per heavy atom. The quantitative estimate of drug-likeness (QED) is 0.441. The smallest absolute Gasteiger partial charge is 0.317 e. The van der Waals surface area contributed by atoms with Crippen LogP contribution in [-0.2, 0) is 4.79 Å². The van der Waals surface area contributed by atoms with Crippen molar-refractivity contribution >= 4 is 11.8 Å². The van der Waals surface area contributed by atoms with Gasteiger partial charge >= 0.3 is 5.97 Å². The monoisotopic (exact) mass is 457 g/mol. The Morgan fingerprint density at radius 3 is 2.18 bits per heavy atom. The molecule has 0 saturated heterocycles. The number of aliphatic carboxylic acids is 1. The van der Waals surface area contributed by atoms with Gasteiger partial charge in [-0.3, -0.25) is 14.5 Å². The van der Waals surface area contributed by atoms with Crippen LogP contribution < -0.4 is 4.74 Å². The number of carboxylic acid groups (broad SMARTS) is 1. The predicted octanol–water partition coefficient (Wildman–Crippen LogP) is 4.86. The molecule has 0 aromatic heterocycles. The summed E-state index contributed by atoms with van der Waals surface area (Å²) in [6.07, 6.45) is -0.0744. The van der Waals surface area contributed by atoms with Crippen LogP contribution in [0.4, 0.5) is 13.2 Å². The first-order valence-corrected chi connectivity index (χ1v) is 10.1. The lowest BCUT2D eigenvalue weighted by atomic mass is 10.0. The summed E-state index contributed by atoms with van der Waals surface area (Å²) in [4.78, 5) is 25.1. The molecule has 0 fully saturated rings. The van der Waals surface area contributed by atoms with Crippen molar-refractivity contribution in [3.8, 4) is 5.75 Å². The van der Waals surface area contributed by atoms with Gasteiger partial charge in [-0.25, -0.2) is 13.2 Å². The normalized spacial score (nSPS) is 11.9. The number of benzene rings is 3. The lowest BCUT2D eigenvalue weighted by Crippen LogP contribution is -2.28. The van der Waals surface area contributed by atoms with Crippen molar-refractivity contribution in [3.05, 3.63) is 101 Å². The topological polar surface area (TPSA) is 66.8 Å². The van der Waals surface area contributed by atoms with E-state index in [1.54, 1.807) is 36.2 Å². The van der Waals surface area contributed by atoms with Crippen molar-refractivity contribution in [2.45, 2.75) is 12.5 Å². The molecule has 3 rings (SSSR count). The van der Waals surface area contributed by atoms with Crippen LogP contribution in [0, 0.1) is 17.5 Å².